The van der Waals surface area contributed by atoms with Gasteiger partial charge in [0.05, 0.1) is 17.0 Å². The van der Waals surface area contributed by atoms with E-state index in [1.165, 1.54) is 6.20 Å². The predicted octanol–water partition coefficient (Wildman–Crippen LogP) is 3.63. The van der Waals surface area contributed by atoms with Crippen molar-refractivity contribution >= 4 is 56.9 Å². The van der Waals surface area contributed by atoms with Gasteiger partial charge in [0.25, 0.3) is 0 Å². The molecule has 0 aliphatic heterocycles. The van der Waals surface area contributed by atoms with E-state index in [0.29, 0.717) is 5.69 Å². The molecule has 2 N–H and O–H groups in total. The van der Waals surface area contributed by atoms with Crippen LogP contribution >= 0.6 is 39.3 Å². The summed E-state index contributed by atoms with van der Waals surface area (Å²) >= 11 is 10.1. The van der Waals surface area contributed by atoms with E-state index in [4.69, 9.17) is 16.7 Å². The first-order valence-electron chi connectivity index (χ1n) is 6.31. The zero-order valence-corrected chi connectivity index (χ0v) is 15.0. The number of aryl methyl sites for hydroxylation is 1. The second-order valence-electron chi connectivity index (χ2n) is 4.45. The van der Waals surface area contributed by atoms with Crippen molar-refractivity contribution in [3.05, 3.63) is 45.1 Å². The molecule has 1 amide bonds. The van der Waals surface area contributed by atoms with Crippen LogP contribution in [0.3, 0.4) is 0 Å². The Bertz CT molecular complexity index is 773. The van der Waals surface area contributed by atoms with Gasteiger partial charge in [-0.25, -0.2) is 14.8 Å². The van der Waals surface area contributed by atoms with Crippen LogP contribution in [0.2, 0.25) is 5.02 Å². The van der Waals surface area contributed by atoms with Crippen LogP contribution < -0.4 is 5.32 Å². The summed E-state index contributed by atoms with van der Waals surface area (Å²) in [4.78, 5) is 30.6. The molecule has 0 radical (unpaired) electrons. The Morgan fingerprint density at radius 3 is 2.83 bits per heavy atom. The van der Waals surface area contributed by atoms with Crippen LogP contribution in [0.1, 0.15) is 16.1 Å². The smallest absolute Gasteiger partial charge is 0.356 e. The van der Waals surface area contributed by atoms with E-state index in [1.807, 2.05) is 19.1 Å². The maximum atomic E-state index is 12.0. The van der Waals surface area contributed by atoms with Gasteiger partial charge in [-0.05, 0) is 30.7 Å². The van der Waals surface area contributed by atoms with Crippen LogP contribution in [0.4, 0.5) is 5.69 Å². The molecule has 23 heavy (non-hydrogen) atoms. The van der Waals surface area contributed by atoms with E-state index in [2.05, 4.69) is 31.2 Å². The molecular weight excluding hydrogens is 406 g/mol. The number of aromatic carboxylic acids is 1. The van der Waals surface area contributed by atoms with Gasteiger partial charge in [-0.2, -0.15) is 0 Å². The number of hydrogen-bond donors (Lipinski definition) is 2. The highest BCUT2D eigenvalue weighted by Gasteiger charge is 2.14. The third kappa shape index (κ3) is 4.92. The van der Waals surface area contributed by atoms with Crippen molar-refractivity contribution in [3.8, 4) is 0 Å². The SMILES string of the molecule is Cc1cc(Br)ccc1NC(=O)CSc1ncc(Cl)c(C(=O)O)n1. The number of nitrogens with one attached hydrogen (secondary N) is 1. The van der Waals surface area contributed by atoms with E-state index >= 15 is 0 Å². The molecule has 0 saturated carbocycles. The summed E-state index contributed by atoms with van der Waals surface area (Å²) < 4.78 is 0.929. The molecule has 0 atom stereocenters. The van der Waals surface area contributed by atoms with Crippen molar-refractivity contribution < 1.29 is 14.7 Å². The number of rotatable bonds is 5. The van der Waals surface area contributed by atoms with E-state index in [-0.39, 0.29) is 27.5 Å². The number of hydrogen-bond acceptors (Lipinski definition) is 5. The Kier molecular flexibility index (Phi) is 5.97. The van der Waals surface area contributed by atoms with Crippen molar-refractivity contribution in [3.63, 3.8) is 0 Å². The number of aromatic nitrogens is 2. The number of nitrogens with zero attached hydrogens (tertiary/aromatic N) is 2. The standard InChI is InChI=1S/C14H11BrClN3O3S/c1-7-4-8(15)2-3-10(7)18-11(20)6-23-14-17-5-9(16)12(19-14)13(21)22/h2-5H,6H2,1H3,(H,18,20)(H,21,22). The lowest BCUT2D eigenvalue weighted by Gasteiger charge is -2.08. The zero-order chi connectivity index (χ0) is 17.0. The summed E-state index contributed by atoms with van der Waals surface area (Å²) in [5.74, 6) is -1.43. The minimum Gasteiger partial charge on any atom is -0.476 e. The molecule has 2 aromatic rings. The molecule has 0 saturated heterocycles. The van der Waals surface area contributed by atoms with Crippen molar-refractivity contribution in [2.24, 2.45) is 0 Å². The lowest BCUT2D eigenvalue weighted by Crippen LogP contribution is -2.15. The molecule has 0 unspecified atom stereocenters. The Labute approximate surface area is 149 Å². The number of halogens is 2. The summed E-state index contributed by atoms with van der Waals surface area (Å²) in [5.41, 5.74) is 1.35. The highest BCUT2D eigenvalue weighted by atomic mass is 79.9. The number of carboxylic acid groups (broad SMARTS) is 1. The number of amides is 1. The van der Waals surface area contributed by atoms with E-state index in [9.17, 15) is 9.59 Å². The Morgan fingerprint density at radius 2 is 2.17 bits per heavy atom. The Balaban J connectivity index is 1.99. The summed E-state index contributed by atoms with van der Waals surface area (Å²) in [6.45, 7) is 1.88. The molecule has 0 bridgehead atoms. The van der Waals surface area contributed by atoms with Crippen LogP contribution in [0.25, 0.3) is 0 Å². The van der Waals surface area contributed by atoms with Crippen LogP contribution in [-0.2, 0) is 4.79 Å². The molecule has 1 aromatic carbocycles. The summed E-state index contributed by atoms with van der Waals surface area (Å²) in [5, 5.41) is 11.9. The molecule has 0 aliphatic carbocycles. The monoisotopic (exact) mass is 415 g/mol. The van der Waals surface area contributed by atoms with Crippen LogP contribution in [-0.4, -0.2) is 32.7 Å². The number of carbonyl (C=O) groups excluding carboxylic acids is 1. The second-order valence-corrected chi connectivity index (χ2v) is 6.72. The van der Waals surface area contributed by atoms with E-state index < -0.39 is 5.97 Å². The Morgan fingerprint density at radius 1 is 1.43 bits per heavy atom. The van der Waals surface area contributed by atoms with Gasteiger partial charge in [0, 0.05) is 10.2 Å². The Hall–Kier alpha value is -1.64. The lowest BCUT2D eigenvalue weighted by atomic mass is 10.2. The van der Waals surface area contributed by atoms with Crippen molar-refractivity contribution in [1.82, 2.24) is 9.97 Å². The largest absolute Gasteiger partial charge is 0.476 e. The number of thioether (sulfide) groups is 1. The molecule has 6 nitrogen and oxygen atoms in total. The third-order valence-electron chi connectivity index (χ3n) is 2.72. The molecule has 0 spiro atoms. The van der Waals surface area contributed by atoms with Gasteiger partial charge < -0.3 is 10.4 Å². The number of carboxylic acids is 1. The topological polar surface area (TPSA) is 92.2 Å². The molecular formula is C14H11BrClN3O3S. The van der Waals surface area contributed by atoms with Gasteiger partial charge in [0.15, 0.2) is 10.9 Å². The highest BCUT2D eigenvalue weighted by molar-refractivity contribution is 9.10. The number of carbonyl (C=O) groups is 2. The molecule has 1 heterocycles. The van der Waals surface area contributed by atoms with Crippen molar-refractivity contribution in [2.45, 2.75) is 12.1 Å². The average molecular weight is 417 g/mol. The van der Waals surface area contributed by atoms with Crippen molar-refractivity contribution in [2.75, 3.05) is 11.1 Å². The van der Waals surface area contributed by atoms with Crippen molar-refractivity contribution in [1.29, 1.82) is 0 Å². The lowest BCUT2D eigenvalue weighted by molar-refractivity contribution is -0.113. The predicted molar refractivity (Wildman–Crippen MR) is 92.2 cm³/mol. The quantitative estimate of drug-likeness (QED) is 0.571. The minimum atomic E-state index is -1.24. The number of anilines is 1. The molecule has 120 valence electrons. The zero-order valence-electron chi connectivity index (χ0n) is 11.8. The van der Waals surface area contributed by atoms with Gasteiger partial charge in [-0.15, -0.1) is 0 Å². The van der Waals surface area contributed by atoms with Gasteiger partial charge >= 0.3 is 5.97 Å². The normalized spacial score (nSPS) is 10.4. The maximum Gasteiger partial charge on any atom is 0.356 e. The summed E-state index contributed by atoms with van der Waals surface area (Å²) in [6, 6.07) is 5.52. The highest BCUT2D eigenvalue weighted by Crippen LogP contribution is 2.21. The first-order chi connectivity index (χ1) is 10.9. The third-order valence-corrected chi connectivity index (χ3v) is 4.35. The van der Waals surface area contributed by atoms with Gasteiger partial charge in [-0.1, -0.05) is 39.3 Å². The van der Waals surface area contributed by atoms with Gasteiger partial charge in [-0.3, -0.25) is 4.79 Å². The van der Waals surface area contributed by atoms with Gasteiger partial charge in [0.2, 0.25) is 5.91 Å². The molecule has 1 aromatic heterocycles. The average Bonchev–Trinajstić information content (AvgIpc) is 2.49. The van der Waals surface area contributed by atoms with Crippen LogP contribution in [0.5, 0.6) is 0 Å². The second kappa shape index (κ2) is 7.76. The summed E-state index contributed by atoms with van der Waals surface area (Å²) in [6.07, 6.45) is 1.21. The maximum absolute atomic E-state index is 12.0. The van der Waals surface area contributed by atoms with Gasteiger partial charge in [0.1, 0.15) is 0 Å². The van der Waals surface area contributed by atoms with Crippen LogP contribution in [0.15, 0.2) is 34.0 Å². The molecule has 0 fully saturated rings. The van der Waals surface area contributed by atoms with E-state index in [0.717, 1.165) is 21.8 Å². The van der Waals surface area contributed by atoms with Crippen LogP contribution in [0, 0.1) is 6.92 Å². The molecule has 0 aliphatic rings. The minimum absolute atomic E-state index is 0.0446. The van der Waals surface area contributed by atoms with E-state index in [1.54, 1.807) is 6.07 Å². The molecule has 2 rings (SSSR count). The first kappa shape index (κ1) is 17.7. The first-order valence-corrected chi connectivity index (χ1v) is 8.47. The fraction of sp³-hybridized carbons (Fsp3) is 0.143. The fourth-order valence-corrected chi connectivity index (χ4v) is 2.92. The molecule has 9 heteroatoms. The fourth-order valence-electron chi connectivity index (χ4n) is 1.65. The summed E-state index contributed by atoms with van der Waals surface area (Å²) in [7, 11) is 0. The number of benzene rings is 1.